The largest absolute Gasteiger partial charge is 0.332 e. The van der Waals surface area contributed by atoms with E-state index in [4.69, 9.17) is 0 Å². The fraction of sp³-hybridized carbons (Fsp3) is 0. The summed E-state index contributed by atoms with van der Waals surface area (Å²) in [5.41, 5.74) is 2.51. The second-order valence-corrected chi connectivity index (χ2v) is 5.76. The Bertz CT molecular complexity index is 1320. The zero-order valence-electron chi connectivity index (χ0n) is 13.3. The molecule has 126 valence electrons. The molecule has 8 heteroatoms. The lowest BCUT2D eigenvalue weighted by Crippen LogP contribution is -2.15. The number of imidazole rings is 2. The van der Waals surface area contributed by atoms with Crippen LogP contribution in [0.4, 0.5) is 4.39 Å². The fourth-order valence-electron chi connectivity index (χ4n) is 2.96. The van der Waals surface area contributed by atoms with Crippen molar-refractivity contribution in [2.24, 2.45) is 0 Å². The molecule has 0 aliphatic carbocycles. The first kappa shape index (κ1) is 14.5. The zero-order chi connectivity index (χ0) is 17.7. The molecule has 1 N–H and O–H groups in total. The molecule has 0 aliphatic rings. The van der Waals surface area contributed by atoms with Crippen molar-refractivity contribution in [2.45, 2.75) is 0 Å². The molecule has 0 fully saturated rings. The van der Waals surface area contributed by atoms with Crippen LogP contribution in [0.1, 0.15) is 0 Å². The van der Waals surface area contributed by atoms with Gasteiger partial charge in [-0.25, -0.2) is 23.7 Å². The molecule has 0 amide bonds. The summed E-state index contributed by atoms with van der Waals surface area (Å²) >= 11 is 0. The average molecular weight is 346 g/mol. The van der Waals surface area contributed by atoms with Gasteiger partial charge in [-0.1, -0.05) is 18.2 Å². The maximum absolute atomic E-state index is 13.6. The normalized spacial score (nSPS) is 11.4. The molecule has 0 radical (unpaired) electrons. The third-order valence-electron chi connectivity index (χ3n) is 4.15. The number of para-hydroxylation sites is 1. The number of fused-ring (bicyclic) bond motifs is 2. The molecule has 0 atom stereocenters. The number of hydrogen-bond donors (Lipinski definition) is 1. The van der Waals surface area contributed by atoms with Gasteiger partial charge in [0.1, 0.15) is 17.7 Å². The van der Waals surface area contributed by atoms with Crippen molar-refractivity contribution in [3.8, 4) is 11.6 Å². The van der Waals surface area contributed by atoms with Crippen LogP contribution >= 0.6 is 0 Å². The lowest BCUT2D eigenvalue weighted by Gasteiger charge is -2.05. The molecular formula is C18H11FN6O. The van der Waals surface area contributed by atoms with E-state index >= 15 is 0 Å². The van der Waals surface area contributed by atoms with Crippen molar-refractivity contribution in [1.29, 1.82) is 0 Å². The number of nitrogens with one attached hydrogen (secondary N) is 1. The van der Waals surface area contributed by atoms with Crippen LogP contribution in [0.15, 0.2) is 65.8 Å². The highest BCUT2D eigenvalue weighted by Gasteiger charge is 2.14. The fourth-order valence-corrected chi connectivity index (χ4v) is 2.96. The first-order valence-corrected chi connectivity index (χ1v) is 7.87. The maximum atomic E-state index is 13.6. The minimum Gasteiger partial charge on any atom is -0.303 e. The highest BCUT2D eigenvalue weighted by Crippen LogP contribution is 2.19. The molecule has 0 unspecified atom stereocenters. The summed E-state index contributed by atoms with van der Waals surface area (Å²) in [7, 11) is 0. The summed E-state index contributed by atoms with van der Waals surface area (Å²) in [6.07, 6.45) is 3.06. The van der Waals surface area contributed by atoms with E-state index in [0.29, 0.717) is 33.8 Å². The third kappa shape index (κ3) is 2.12. The van der Waals surface area contributed by atoms with E-state index in [9.17, 15) is 9.18 Å². The van der Waals surface area contributed by atoms with E-state index in [1.807, 2.05) is 30.3 Å². The molecule has 0 spiro atoms. The Morgan fingerprint density at radius 1 is 1.04 bits per heavy atom. The highest BCUT2D eigenvalue weighted by atomic mass is 19.1. The zero-order valence-corrected chi connectivity index (χ0v) is 13.3. The first-order chi connectivity index (χ1) is 12.7. The van der Waals surface area contributed by atoms with Gasteiger partial charge in [0.15, 0.2) is 5.65 Å². The molecule has 5 rings (SSSR count). The van der Waals surface area contributed by atoms with Crippen LogP contribution in [0.25, 0.3) is 33.8 Å². The molecular weight excluding hydrogens is 335 g/mol. The molecule has 0 saturated heterocycles. The molecule has 0 aliphatic heterocycles. The number of halogens is 1. The van der Waals surface area contributed by atoms with Crippen LogP contribution < -0.4 is 5.69 Å². The van der Waals surface area contributed by atoms with Crippen molar-refractivity contribution >= 4 is 22.2 Å². The Hall–Kier alpha value is -3.81. The van der Waals surface area contributed by atoms with E-state index < -0.39 is 0 Å². The van der Waals surface area contributed by atoms with Crippen molar-refractivity contribution in [3.05, 3.63) is 77.4 Å². The van der Waals surface area contributed by atoms with Gasteiger partial charge in [0.2, 0.25) is 5.95 Å². The maximum Gasteiger partial charge on any atom is 0.332 e. The quantitative estimate of drug-likeness (QED) is 0.533. The lowest BCUT2D eigenvalue weighted by molar-refractivity contribution is 0.629. The number of benzene rings is 2. The summed E-state index contributed by atoms with van der Waals surface area (Å²) in [5.74, 6) is -0.0718. The number of hydrogen-bond acceptors (Lipinski definition) is 4. The summed E-state index contributed by atoms with van der Waals surface area (Å²) in [6.45, 7) is 0. The number of aromatic nitrogens is 6. The minimum atomic E-state index is -0.372. The van der Waals surface area contributed by atoms with Crippen molar-refractivity contribution < 1.29 is 4.39 Å². The van der Waals surface area contributed by atoms with Crippen LogP contribution in [0.5, 0.6) is 0 Å². The van der Waals surface area contributed by atoms with Gasteiger partial charge in [-0.2, -0.15) is 4.98 Å². The summed E-state index contributed by atoms with van der Waals surface area (Å²) in [5, 5.41) is 0. The Labute approximate surface area is 145 Å². The van der Waals surface area contributed by atoms with Crippen molar-refractivity contribution in [1.82, 2.24) is 29.1 Å². The van der Waals surface area contributed by atoms with E-state index in [-0.39, 0.29) is 11.5 Å². The monoisotopic (exact) mass is 346 g/mol. The van der Waals surface area contributed by atoms with E-state index in [1.54, 1.807) is 10.6 Å². The van der Waals surface area contributed by atoms with Crippen LogP contribution in [-0.2, 0) is 0 Å². The predicted octanol–water partition coefficient (Wildman–Crippen LogP) is 2.59. The number of aromatic amines is 1. The van der Waals surface area contributed by atoms with Gasteiger partial charge in [0.05, 0.1) is 22.9 Å². The van der Waals surface area contributed by atoms with Crippen LogP contribution in [0.3, 0.4) is 0 Å². The molecule has 26 heavy (non-hydrogen) atoms. The smallest absolute Gasteiger partial charge is 0.303 e. The molecule has 0 saturated carbocycles. The number of H-pyrrole nitrogens is 1. The Kier molecular flexibility index (Phi) is 2.99. The highest BCUT2D eigenvalue weighted by molar-refractivity contribution is 5.78. The van der Waals surface area contributed by atoms with Crippen LogP contribution in [0, 0.1) is 5.82 Å². The standard InChI is InChI=1S/C18H11FN6O/c19-11-6-7-13-15(8-11)24(10-21-13)17-20-9-14-16(23-17)25(18(26)22-14)12-4-2-1-3-5-12/h1-10H,(H,22,26). The second-order valence-electron chi connectivity index (χ2n) is 5.76. The lowest BCUT2D eigenvalue weighted by atomic mass is 10.3. The van der Waals surface area contributed by atoms with Crippen LogP contribution in [-0.4, -0.2) is 29.1 Å². The topological polar surface area (TPSA) is 81.4 Å². The van der Waals surface area contributed by atoms with Gasteiger partial charge in [0.25, 0.3) is 0 Å². The summed E-state index contributed by atoms with van der Waals surface area (Å²) in [4.78, 5) is 28.1. The first-order valence-electron chi connectivity index (χ1n) is 7.87. The molecule has 5 aromatic rings. The Morgan fingerprint density at radius 2 is 1.88 bits per heavy atom. The van der Waals surface area contributed by atoms with E-state index in [1.165, 1.54) is 29.2 Å². The van der Waals surface area contributed by atoms with Crippen LogP contribution in [0.2, 0.25) is 0 Å². The minimum absolute atomic E-state index is 0.300. The van der Waals surface area contributed by atoms with Gasteiger partial charge in [0, 0.05) is 6.07 Å². The molecule has 3 heterocycles. The number of rotatable bonds is 2. The summed E-state index contributed by atoms with van der Waals surface area (Å²) in [6, 6.07) is 13.5. The van der Waals surface area contributed by atoms with Gasteiger partial charge in [-0.15, -0.1) is 0 Å². The SMILES string of the molecule is O=c1[nH]c2cnc(-n3cnc4ccc(F)cc43)nc2n1-c1ccccc1. The van der Waals surface area contributed by atoms with Gasteiger partial charge in [-0.05, 0) is 24.3 Å². The van der Waals surface area contributed by atoms with Crippen molar-refractivity contribution in [3.63, 3.8) is 0 Å². The molecule has 3 aromatic heterocycles. The second kappa shape index (κ2) is 5.35. The summed E-state index contributed by atoms with van der Waals surface area (Å²) < 4.78 is 16.7. The van der Waals surface area contributed by atoms with E-state index in [2.05, 4.69) is 19.9 Å². The molecule has 0 bridgehead atoms. The van der Waals surface area contributed by atoms with Gasteiger partial charge in [-0.3, -0.25) is 4.57 Å². The third-order valence-corrected chi connectivity index (χ3v) is 4.15. The Balaban J connectivity index is 1.78. The van der Waals surface area contributed by atoms with E-state index in [0.717, 1.165) is 0 Å². The van der Waals surface area contributed by atoms with Gasteiger partial charge < -0.3 is 4.98 Å². The molecule has 7 nitrogen and oxygen atoms in total. The van der Waals surface area contributed by atoms with Crippen molar-refractivity contribution in [2.75, 3.05) is 0 Å². The predicted molar refractivity (Wildman–Crippen MR) is 94.1 cm³/mol. The van der Waals surface area contributed by atoms with Gasteiger partial charge >= 0.3 is 5.69 Å². The molecule has 2 aromatic carbocycles. The average Bonchev–Trinajstić information content (AvgIpc) is 3.21. The number of nitrogens with zero attached hydrogens (tertiary/aromatic N) is 5. The Morgan fingerprint density at radius 3 is 2.73 bits per heavy atom.